The number of carbonyl (C=O) groups is 1. The van der Waals surface area contributed by atoms with E-state index in [1.165, 1.54) is 43.2 Å². The van der Waals surface area contributed by atoms with Crippen molar-refractivity contribution in [2.24, 2.45) is 0 Å². The Balaban J connectivity index is 1.38. The lowest BCUT2D eigenvalue weighted by Crippen LogP contribution is -2.17. The highest BCUT2D eigenvalue weighted by molar-refractivity contribution is 6.04. The number of rotatable bonds is 12. The molecular formula is C33H33F2N5O5. The summed E-state index contributed by atoms with van der Waals surface area (Å²) >= 11 is 0. The standard InChI is InChI=1S/C33H33F2N5O5/c1-6-44-31-19-40(26-9-7-21(34)15-20(26)12-14-39(2)3)38-32(31)33(41)37-22-8-10-28(24(35)16-22)45-27-11-13-36-25-18-30(43-5)29(42-4)17-23(25)27/h7-11,13,15-19H,6,12,14H2,1-5H3,(H,37,41). The number of halogens is 2. The van der Waals surface area contributed by atoms with Crippen LogP contribution >= 0.6 is 0 Å². The van der Waals surface area contributed by atoms with Crippen molar-refractivity contribution < 1.29 is 32.5 Å². The van der Waals surface area contributed by atoms with Crippen LogP contribution in [0.4, 0.5) is 14.5 Å². The molecule has 234 valence electrons. The highest BCUT2D eigenvalue weighted by Gasteiger charge is 2.21. The van der Waals surface area contributed by atoms with Gasteiger partial charge in [0.25, 0.3) is 5.91 Å². The van der Waals surface area contributed by atoms with Gasteiger partial charge in [-0.15, -0.1) is 0 Å². The molecule has 2 heterocycles. The molecule has 1 amide bonds. The fourth-order valence-electron chi connectivity index (χ4n) is 4.73. The summed E-state index contributed by atoms with van der Waals surface area (Å²) in [5.74, 6) is -0.177. The molecule has 5 aromatic rings. The van der Waals surface area contributed by atoms with Gasteiger partial charge in [0.2, 0.25) is 0 Å². The summed E-state index contributed by atoms with van der Waals surface area (Å²) in [6.07, 6.45) is 3.68. The van der Waals surface area contributed by atoms with Crippen molar-refractivity contribution in [2.75, 3.05) is 46.8 Å². The lowest BCUT2D eigenvalue weighted by atomic mass is 10.1. The SMILES string of the molecule is CCOc1cn(-c2ccc(F)cc2CCN(C)C)nc1C(=O)Nc1ccc(Oc2ccnc3cc(OC)c(OC)cc23)c(F)c1. The number of fused-ring (bicyclic) bond motifs is 1. The highest BCUT2D eigenvalue weighted by Crippen LogP contribution is 2.37. The van der Waals surface area contributed by atoms with Crippen LogP contribution < -0.4 is 24.3 Å². The maximum Gasteiger partial charge on any atom is 0.280 e. The van der Waals surface area contributed by atoms with E-state index in [9.17, 15) is 9.18 Å². The Hall–Kier alpha value is -5.23. The first kappa shape index (κ1) is 31.2. The van der Waals surface area contributed by atoms with E-state index in [1.807, 2.05) is 19.0 Å². The molecule has 2 aromatic heterocycles. The normalized spacial score (nSPS) is 11.1. The van der Waals surface area contributed by atoms with Crippen LogP contribution in [0.1, 0.15) is 23.0 Å². The van der Waals surface area contributed by atoms with E-state index in [0.717, 1.165) is 11.6 Å². The zero-order valence-electron chi connectivity index (χ0n) is 25.6. The molecule has 12 heteroatoms. The summed E-state index contributed by atoms with van der Waals surface area (Å²) in [7, 11) is 6.90. The Labute approximate surface area is 259 Å². The first-order valence-electron chi connectivity index (χ1n) is 14.2. The summed E-state index contributed by atoms with van der Waals surface area (Å²) in [5.41, 5.74) is 2.09. The van der Waals surface area contributed by atoms with Crippen molar-refractivity contribution >= 4 is 22.5 Å². The van der Waals surface area contributed by atoms with Crippen molar-refractivity contribution in [1.82, 2.24) is 19.7 Å². The molecule has 5 rings (SSSR count). The van der Waals surface area contributed by atoms with Gasteiger partial charge in [-0.1, -0.05) is 0 Å². The van der Waals surface area contributed by atoms with E-state index in [2.05, 4.69) is 15.4 Å². The number of hydrogen-bond donors (Lipinski definition) is 1. The van der Waals surface area contributed by atoms with E-state index in [-0.39, 0.29) is 35.3 Å². The number of amides is 1. The number of aromatic nitrogens is 3. The Morgan fingerprint density at radius 1 is 0.933 bits per heavy atom. The summed E-state index contributed by atoms with van der Waals surface area (Å²) in [5, 5.41) is 7.74. The van der Waals surface area contributed by atoms with Gasteiger partial charge in [0.1, 0.15) is 11.6 Å². The van der Waals surface area contributed by atoms with Gasteiger partial charge in [-0.3, -0.25) is 9.78 Å². The van der Waals surface area contributed by atoms with Crippen LogP contribution in [0, 0.1) is 11.6 Å². The number of likely N-dealkylation sites (N-methyl/N-ethyl adjacent to an activating group) is 1. The lowest BCUT2D eigenvalue weighted by molar-refractivity contribution is 0.101. The van der Waals surface area contributed by atoms with E-state index < -0.39 is 11.7 Å². The quantitative estimate of drug-likeness (QED) is 0.175. The van der Waals surface area contributed by atoms with E-state index >= 15 is 4.39 Å². The Morgan fingerprint density at radius 3 is 2.42 bits per heavy atom. The minimum atomic E-state index is -0.703. The number of benzene rings is 3. The summed E-state index contributed by atoms with van der Waals surface area (Å²) < 4.78 is 53.2. The number of nitrogens with zero attached hydrogens (tertiary/aromatic N) is 4. The van der Waals surface area contributed by atoms with Gasteiger partial charge >= 0.3 is 0 Å². The predicted molar refractivity (Wildman–Crippen MR) is 166 cm³/mol. The van der Waals surface area contributed by atoms with Crippen LogP contribution in [0.15, 0.2) is 67.0 Å². The van der Waals surface area contributed by atoms with Gasteiger partial charge in [0.05, 0.1) is 38.2 Å². The van der Waals surface area contributed by atoms with E-state index in [0.29, 0.717) is 46.8 Å². The molecule has 0 atom stereocenters. The molecule has 0 saturated carbocycles. The van der Waals surface area contributed by atoms with Gasteiger partial charge in [-0.05, 0) is 75.5 Å². The van der Waals surface area contributed by atoms with Crippen molar-refractivity contribution in [3.8, 4) is 34.4 Å². The number of methoxy groups -OCH3 is 2. The van der Waals surface area contributed by atoms with Gasteiger partial charge in [-0.25, -0.2) is 13.5 Å². The van der Waals surface area contributed by atoms with Gasteiger partial charge in [0.15, 0.2) is 34.5 Å². The Morgan fingerprint density at radius 2 is 1.71 bits per heavy atom. The van der Waals surface area contributed by atoms with Crippen LogP contribution in [0.5, 0.6) is 28.7 Å². The first-order chi connectivity index (χ1) is 21.7. The van der Waals surface area contributed by atoms with Crippen LogP contribution in [0.3, 0.4) is 0 Å². The third kappa shape index (κ3) is 6.96. The third-order valence-corrected chi connectivity index (χ3v) is 6.93. The number of pyridine rings is 1. The molecule has 0 saturated heterocycles. The molecule has 0 fully saturated rings. The fraction of sp³-hybridized carbons (Fsp3) is 0.242. The highest BCUT2D eigenvalue weighted by atomic mass is 19.1. The Kier molecular flexibility index (Phi) is 9.43. The molecule has 0 aliphatic heterocycles. The number of carbonyl (C=O) groups excluding carboxylic acids is 1. The van der Waals surface area contributed by atoms with Crippen molar-refractivity contribution in [3.05, 3.63) is 89.9 Å². The zero-order valence-corrected chi connectivity index (χ0v) is 25.6. The average Bonchev–Trinajstić information content (AvgIpc) is 3.44. The van der Waals surface area contributed by atoms with Crippen LogP contribution in [0.25, 0.3) is 16.6 Å². The second kappa shape index (κ2) is 13.6. The second-order valence-corrected chi connectivity index (χ2v) is 10.3. The van der Waals surface area contributed by atoms with Crippen LogP contribution in [0.2, 0.25) is 0 Å². The number of hydrogen-bond acceptors (Lipinski definition) is 8. The summed E-state index contributed by atoms with van der Waals surface area (Å²) in [4.78, 5) is 19.7. The molecule has 3 aromatic carbocycles. The monoisotopic (exact) mass is 617 g/mol. The smallest absolute Gasteiger partial charge is 0.280 e. The number of anilines is 1. The van der Waals surface area contributed by atoms with Crippen molar-refractivity contribution in [3.63, 3.8) is 0 Å². The largest absolute Gasteiger partial charge is 0.493 e. The average molecular weight is 618 g/mol. The third-order valence-electron chi connectivity index (χ3n) is 6.93. The van der Waals surface area contributed by atoms with E-state index in [4.69, 9.17) is 18.9 Å². The molecule has 45 heavy (non-hydrogen) atoms. The minimum Gasteiger partial charge on any atom is -0.493 e. The van der Waals surface area contributed by atoms with Crippen molar-refractivity contribution in [1.29, 1.82) is 0 Å². The predicted octanol–water partition coefficient (Wildman–Crippen LogP) is 6.26. The summed E-state index contributed by atoms with van der Waals surface area (Å²) in [6, 6.07) is 13.5. The van der Waals surface area contributed by atoms with Crippen LogP contribution in [-0.2, 0) is 6.42 Å². The van der Waals surface area contributed by atoms with Crippen molar-refractivity contribution in [2.45, 2.75) is 13.3 Å². The molecule has 1 N–H and O–H groups in total. The van der Waals surface area contributed by atoms with Gasteiger partial charge in [-0.2, -0.15) is 5.10 Å². The molecule has 0 aliphatic carbocycles. The number of nitrogens with one attached hydrogen (secondary N) is 1. The molecule has 0 spiro atoms. The lowest BCUT2D eigenvalue weighted by Gasteiger charge is -2.13. The maximum atomic E-state index is 15.3. The van der Waals surface area contributed by atoms with Crippen LogP contribution in [-0.4, -0.2) is 67.0 Å². The van der Waals surface area contributed by atoms with E-state index in [1.54, 1.807) is 43.6 Å². The number of ether oxygens (including phenoxy) is 4. The van der Waals surface area contributed by atoms with Gasteiger partial charge < -0.3 is 29.2 Å². The topological polar surface area (TPSA) is 100.0 Å². The minimum absolute atomic E-state index is 0.00639. The van der Waals surface area contributed by atoms with Gasteiger partial charge in [0, 0.05) is 35.9 Å². The fourth-order valence-corrected chi connectivity index (χ4v) is 4.73. The molecule has 0 aliphatic rings. The second-order valence-electron chi connectivity index (χ2n) is 10.3. The molecule has 0 bridgehead atoms. The zero-order chi connectivity index (χ0) is 32.1. The molecule has 0 unspecified atom stereocenters. The molecule has 10 nitrogen and oxygen atoms in total. The maximum absolute atomic E-state index is 15.3. The first-order valence-corrected chi connectivity index (χ1v) is 14.2. The molecular weight excluding hydrogens is 584 g/mol. The summed E-state index contributed by atoms with van der Waals surface area (Å²) in [6.45, 7) is 2.76. The molecule has 0 radical (unpaired) electrons. The Bertz CT molecular complexity index is 1840.